The van der Waals surface area contributed by atoms with Gasteiger partial charge in [0.2, 0.25) is 0 Å². The predicted molar refractivity (Wildman–Crippen MR) is 66.1 cm³/mol. The number of carbonyl (C=O) groups is 1. The van der Waals surface area contributed by atoms with Crippen LogP contribution in [0.2, 0.25) is 0 Å². The van der Waals surface area contributed by atoms with E-state index >= 15 is 0 Å². The Bertz CT molecular complexity index is 268. The molecule has 0 spiro atoms. The van der Waals surface area contributed by atoms with Gasteiger partial charge in [-0.1, -0.05) is 26.7 Å². The third-order valence-electron chi connectivity index (χ3n) is 4.96. The van der Waals surface area contributed by atoms with Crippen molar-refractivity contribution in [1.82, 2.24) is 0 Å². The minimum absolute atomic E-state index is 0.259. The first-order valence-electron chi connectivity index (χ1n) is 6.86. The third kappa shape index (κ3) is 2.17. The molecule has 2 aliphatic rings. The topological polar surface area (TPSA) is 43.1 Å². The van der Waals surface area contributed by atoms with Crippen molar-refractivity contribution in [3.8, 4) is 0 Å². The highest BCUT2D eigenvalue weighted by Crippen LogP contribution is 2.38. The molecular weight excluding hydrogens is 198 g/mol. The van der Waals surface area contributed by atoms with Crippen molar-refractivity contribution in [3.05, 3.63) is 0 Å². The fourth-order valence-corrected chi connectivity index (χ4v) is 3.44. The van der Waals surface area contributed by atoms with Crippen molar-refractivity contribution in [1.29, 1.82) is 0 Å². The largest absolute Gasteiger partial charge is 0.319 e. The van der Waals surface area contributed by atoms with Gasteiger partial charge in [0.1, 0.15) is 0 Å². The van der Waals surface area contributed by atoms with Gasteiger partial charge in [0.05, 0.1) is 5.54 Å². The standard InChI is InChI=1S/C14H25NO/c1-10-5-6-12(9-11(10)2)13(16)14(15)7-3-4-8-14/h10-12H,3-9,15H2,1-2H3. The Balaban J connectivity index is 2.00. The summed E-state index contributed by atoms with van der Waals surface area (Å²) in [5.41, 5.74) is 5.81. The Labute approximate surface area is 99.0 Å². The maximum absolute atomic E-state index is 12.4. The van der Waals surface area contributed by atoms with E-state index in [1.165, 1.54) is 6.42 Å². The molecule has 2 nitrogen and oxygen atoms in total. The van der Waals surface area contributed by atoms with Crippen LogP contribution in [0.4, 0.5) is 0 Å². The van der Waals surface area contributed by atoms with Crippen molar-refractivity contribution < 1.29 is 4.79 Å². The predicted octanol–water partition coefficient (Wildman–Crippen LogP) is 2.90. The molecule has 16 heavy (non-hydrogen) atoms. The minimum atomic E-state index is -0.453. The fraction of sp³-hybridized carbons (Fsp3) is 0.929. The molecule has 0 bridgehead atoms. The van der Waals surface area contributed by atoms with Gasteiger partial charge in [0, 0.05) is 5.92 Å². The van der Waals surface area contributed by atoms with Gasteiger partial charge >= 0.3 is 0 Å². The Morgan fingerprint density at radius 2 is 1.75 bits per heavy atom. The Hall–Kier alpha value is -0.370. The van der Waals surface area contributed by atoms with Crippen LogP contribution in [0.15, 0.2) is 0 Å². The second-order valence-corrected chi connectivity index (χ2v) is 6.19. The number of hydrogen-bond acceptors (Lipinski definition) is 2. The van der Waals surface area contributed by atoms with E-state index < -0.39 is 5.54 Å². The van der Waals surface area contributed by atoms with Crippen molar-refractivity contribution >= 4 is 5.78 Å². The SMILES string of the molecule is CC1CCC(C(=O)C2(N)CCCC2)CC1C. The number of ketones is 1. The molecule has 2 aliphatic carbocycles. The molecule has 2 saturated carbocycles. The summed E-state index contributed by atoms with van der Waals surface area (Å²) in [7, 11) is 0. The molecular formula is C14H25NO. The highest BCUT2D eigenvalue weighted by Gasteiger charge is 2.42. The molecule has 0 aromatic heterocycles. The van der Waals surface area contributed by atoms with E-state index in [9.17, 15) is 4.79 Å². The van der Waals surface area contributed by atoms with Crippen LogP contribution < -0.4 is 5.73 Å². The molecule has 2 rings (SSSR count). The van der Waals surface area contributed by atoms with Gasteiger partial charge in [-0.05, 0) is 43.9 Å². The molecule has 0 aliphatic heterocycles. The number of rotatable bonds is 2. The lowest BCUT2D eigenvalue weighted by Gasteiger charge is -2.35. The van der Waals surface area contributed by atoms with Crippen LogP contribution in [0.5, 0.6) is 0 Å². The number of carbonyl (C=O) groups excluding carboxylic acids is 1. The van der Waals surface area contributed by atoms with Gasteiger partial charge in [-0.25, -0.2) is 0 Å². The summed E-state index contributed by atoms with van der Waals surface area (Å²) in [4.78, 5) is 12.4. The summed E-state index contributed by atoms with van der Waals surface area (Å²) in [6.45, 7) is 4.58. The molecule has 0 heterocycles. The molecule has 2 fully saturated rings. The van der Waals surface area contributed by atoms with Crippen LogP contribution in [0.1, 0.15) is 58.8 Å². The number of hydrogen-bond donors (Lipinski definition) is 1. The zero-order valence-corrected chi connectivity index (χ0v) is 10.7. The number of nitrogens with two attached hydrogens (primary N) is 1. The minimum Gasteiger partial charge on any atom is -0.319 e. The van der Waals surface area contributed by atoms with E-state index in [-0.39, 0.29) is 5.92 Å². The summed E-state index contributed by atoms with van der Waals surface area (Å²) < 4.78 is 0. The van der Waals surface area contributed by atoms with Crippen LogP contribution in [0.3, 0.4) is 0 Å². The Kier molecular flexibility index (Phi) is 3.39. The van der Waals surface area contributed by atoms with Gasteiger partial charge in [-0.3, -0.25) is 4.79 Å². The summed E-state index contributed by atoms with van der Waals surface area (Å²) in [6.07, 6.45) is 7.47. The van der Waals surface area contributed by atoms with E-state index in [0.29, 0.717) is 11.7 Å². The van der Waals surface area contributed by atoms with E-state index in [1.807, 2.05) is 0 Å². The first kappa shape index (κ1) is 12.1. The van der Waals surface area contributed by atoms with Crippen molar-refractivity contribution in [3.63, 3.8) is 0 Å². The second kappa shape index (κ2) is 4.48. The Morgan fingerprint density at radius 1 is 1.12 bits per heavy atom. The van der Waals surface area contributed by atoms with E-state index in [1.54, 1.807) is 0 Å². The highest BCUT2D eigenvalue weighted by molar-refractivity contribution is 5.90. The molecule has 3 atom stereocenters. The van der Waals surface area contributed by atoms with Gasteiger partial charge in [0.15, 0.2) is 5.78 Å². The van der Waals surface area contributed by atoms with E-state index in [2.05, 4.69) is 13.8 Å². The maximum Gasteiger partial charge on any atom is 0.155 e. The fourth-order valence-electron chi connectivity index (χ4n) is 3.44. The molecule has 3 unspecified atom stereocenters. The normalized spacial score (nSPS) is 38.6. The zero-order valence-electron chi connectivity index (χ0n) is 10.7. The summed E-state index contributed by atoms with van der Waals surface area (Å²) in [6, 6.07) is 0. The summed E-state index contributed by atoms with van der Waals surface area (Å²) in [5.74, 6) is 2.10. The highest BCUT2D eigenvalue weighted by atomic mass is 16.1. The van der Waals surface area contributed by atoms with E-state index in [4.69, 9.17) is 5.73 Å². The van der Waals surface area contributed by atoms with E-state index in [0.717, 1.165) is 44.4 Å². The van der Waals surface area contributed by atoms with Crippen LogP contribution >= 0.6 is 0 Å². The molecule has 92 valence electrons. The van der Waals surface area contributed by atoms with Crippen LogP contribution in [-0.2, 0) is 4.79 Å². The van der Waals surface area contributed by atoms with Crippen LogP contribution in [0.25, 0.3) is 0 Å². The molecule has 0 amide bonds. The van der Waals surface area contributed by atoms with Gasteiger partial charge in [-0.15, -0.1) is 0 Å². The lowest BCUT2D eigenvalue weighted by molar-refractivity contribution is -0.129. The zero-order chi connectivity index (χ0) is 11.8. The second-order valence-electron chi connectivity index (χ2n) is 6.19. The summed E-state index contributed by atoms with van der Waals surface area (Å²) in [5, 5.41) is 0. The van der Waals surface area contributed by atoms with Crippen molar-refractivity contribution in [2.45, 2.75) is 64.3 Å². The van der Waals surface area contributed by atoms with Gasteiger partial charge < -0.3 is 5.73 Å². The van der Waals surface area contributed by atoms with Crippen molar-refractivity contribution in [2.75, 3.05) is 0 Å². The van der Waals surface area contributed by atoms with Gasteiger partial charge in [-0.2, -0.15) is 0 Å². The molecule has 0 aromatic rings. The van der Waals surface area contributed by atoms with Gasteiger partial charge in [0.25, 0.3) is 0 Å². The smallest absolute Gasteiger partial charge is 0.155 e. The lowest BCUT2D eigenvalue weighted by Crippen LogP contribution is -2.49. The molecule has 0 saturated heterocycles. The first-order chi connectivity index (χ1) is 7.53. The third-order valence-corrected chi connectivity index (χ3v) is 4.96. The van der Waals surface area contributed by atoms with Crippen molar-refractivity contribution in [2.24, 2.45) is 23.5 Å². The quantitative estimate of drug-likeness (QED) is 0.782. The molecule has 2 N–H and O–H groups in total. The number of Topliss-reactive ketones (excluding diaryl/α,β-unsaturated/α-hetero) is 1. The maximum atomic E-state index is 12.4. The first-order valence-corrected chi connectivity index (χ1v) is 6.86. The lowest BCUT2D eigenvalue weighted by atomic mass is 9.71. The molecule has 2 heteroatoms. The average molecular weight is 223 g/mol. The monoisotopic (exact) mass is 223 g/mol. The molecule has 0 radical (unpaired) electrons. The van der Waals surface area contributed by atoms with Crippen LogP contribution in [-0.4, -0.2) is 11.3 Å². The molecule has 0 aromatic carbocycles. The Morgan fingerprint density at radius 3 is 2.31 bits per heavy atom. The average Bonchev–Trinajstić information content (AvgIpc) is 2.70. The summed E-state index contributed by atoms with van der Waals surface area (Å²) >= 11 is 0. The van der Waals surface area contributed by atoms with Crippen LogP contribution in [0, 0.1) is 17.8 Å².